The molecule has 2 aromatic carbocycles. The van der Waals surface area contributed by atoms with Gasteiger partial charge in [0, 0.05) is 16.1 Å². The summed E-state index contributed by atoms with van der Waals surface area (Å²) in [4.78, 5) is 13.0. The van der Waals surface area contributed by atoms with E-state index in [-0.39, 0.29) is 5.78 Å². The number of halogens is 2. The van der Waals surface area contributed by atoms with E-state index >= 15 is 0 Å². The van der Waals surface area contributed by atoms with E-state index in [2.05, 4.69) is 0 Å². The van der Waals surface area contributed by atoms with Crippen LogP contribution in [0.5, 0.6) is 0 Å². The van der Waals surface area contributed by atoms with Crippen LogP contribution < -0.4 is 5.73 Å². The zero-order valence-electron chi connectivity index (χ0n) is 9.90. The van der Waals surface area contributed by atoms with Gasteiger partial charge in [0.25, 0.3) is 0 Å². The average Bonchev–Trinajstić information content (AvgIpc) is 2.41. The number of nitrogen functional groups attached to an aromatic ring is 1. The van der Waals surface area contributed by atoms with Crippen LogP contribution in [0.15, 0.2) is 47.4 Å². The van der Waals surface area contributed by atoms with Crippen molar-refractivity contribution in [1.29, 1.82) is 0 Å². The van der Waals surface area contributed by atoms with Crippen LogP contribution in [0.4, 0.5) is 5.69 Å². The summed E-state index contributed by atoms with van der Waals surface area (Å²) in [6.45, 7) is 0. The third-order valence-electron chi connectivity index (χ3n) is 2.49. The Morgan fingerprint density at radius 1 is 1.05 bits per heavy atom. The molecule has 0 unspecified atom stereocenters. The molecule has 0 aromatic heterocycles. The van der Waals surface area contributed by atoms with Crippen molar-refractivity contribution in [2.24, 2.45) is 0 Å². The zero-order chi connectivity index (χ0) is 13.8. The maximum absolute atomic E-state index is 12.0. The molecule has 98 valence electrons. The molecule has 0 atom stereocenters. The summed E-state index contributed by atoms with van der Waals surface area (Å²) in [6, 6.07) is 12.3. The SMILES string of the molecule is Nc1ccc(SCC(=O)c2ccc(Cl)c(Cl)c2)cc1. The molecular formula is C14H11Cl2NOS. The Balaban J connectivity index is 2.01. The van der Waals surface area contributed by atoms with Crippen LogP contribution in [0.2, 0.25) is 10.0 Å². The lowest BCUT2D eigenvalue weighted by molar-refractivity contribution is 0.102. The summed E-state index contributed by atoms with van der Waals surface area (Å²) in [5.41, 5.74) is 6.88. The predicted molar refractivity (Wildman–Crippen MR) is 82.4 cm³/mol. The van der Waals surface area contributed by atoms with Gasteiger partial charge in [0.1, 0.15) is 0 Å². The summed E-state index contributed by atoms with van der Waals surface area (Å²) in [5.74, 6) is 0.363. The van der Waals surface area contributed by atoms with Crippen molar-refractivity contribution in [3.8, 4) is 0 Å². The normalized spacial score (nSPS) is 10.4. The Morgan fingerprint density at radius 3 is 2.37 bits per heavy atom. The van der Waals surface area contributed by atoms with Crippen LogP contribution in [-0.4, -0.2) is 11.5 Å². The second-order valence-electron chi connectivity index (χ2n) is 3.91. The summed E-state index contributed by atoms with van der Waals surface area (Å²) in [6.07, 6.45) is 0. The molecule has 0 aliphatic carbocycles. The van der Waals surface area contributed by atoms with Gasteiger partial charge in [-0.25, -0.2) is 0 Å². The van der Waals surface area contributed by atoms with Crippen LogP contribution in [0.25, 0.3) is 0 Å². The van der Waals surface area contributed by atoms with E-state index in [1.165, 1.54) is 11.8 Å². The summed E-state index contributed by atoms with van der Waals surface area (Å²) in [7, 11) is 0. The molecule has 0 bridgehead atoms. The maximum Gasteiger partial charge on any atom is 0.173 e. The highest BCUT2D eigenvalue weighted by molar-refractivity contribution is 8.00. The Labute approximate surface area is 125 Å². The van der Waals surface area contributed by atoms with Gasteiger partial charge in [0.2, 0.25) is 0 Å². The second-order valence-corrected chi connectivity index (χ2v) is 5.77. The van der Waals surface area contributed by atoms with Gasteiger partial charge < -0.3 is 5.73 Å². The number of thioether (sulfide) groups is 1. The van der Waals surface area contributed by atoms with Crippen LogP contribution in [0, 0.1) is 0 Å². The average molecular weight is 312 g/mol. The molecule has 0 radical (unpaired) electrons. The number of Topliss-reactive ketones (excluding diaryl/α,β-unsaturated/α-hetero) is 1. The van der Waals surface area contributed by atoms with Gasteiger partial charge in [-0.2, -0.15) is 0 Å². The van der Waals surface area contributed by atoms with Gasteiger partial charge in [-0.05, 0) is 42.5 Å². The van der Waals surface area contributed by atoms with Crippen molar-refractivity contribution in [3.05, 3.63) is 58.1 Å². The molecule has 2 aromatic rings. The third-order valence-corrected chi connectivity index (χ3v) is 4.24. The minimum absolute atomic E-state index is 0.0143. The molecule has 0 saturated heterocycles. The fourth-order valence-electron chi connectivity index (χ4n) is 1.47. The largest absolute Gasteiger partial charge is 0.399 e. The maximum atomic E-state index is 12.0. The van der Waals surface area contributed by atoms with Crippen LogP contribution in [0.3, 0.4) is 0 Å². The second kappa shape index (κ2) is 6.33. The number of rotatable bonds is 4. The molecule has 2 rings (SSSR count). The highest BCUT2D eigenvalue weighted by atomic mass is 35.5. The zero-order valence-corrected chi connectivity index (χ0v) is 12.2. The minimum Gasteiger partial charge on any atom is -0.399 e. The molecule has 0 saturated carbocycles. The first-order valence-electron chi connectivity index (χ1n) is 5.53. The lowest BCUT2D eigenvalue weighted by Gasteiger charge is -2.03. The number of hydrogen-bond donors (Lipinski definition) is 1. The van der Waals surface area contributed by atoms with Gasteiger partial charge in [-0.1, -0.05) is 23.2 Å². The van der Waals surface area contributed by atoms with Gasteiger partial charge in [0.15, 0.2) is 5.78 Å². The minimum atomic E-state index is 0.0143. The molecule has 5 heteroatoms. The van der Waals surface area contributed by atoms with Crippen molar-refractivity contribution >= 4 is 46.4 Å². The number of hydrogen-bond acceptors (Lipinski definition) is 3. The molecule has 0 aliphatic heterocycles. The third kappa shape index (κ3) is 3.90. The smallest absolute Gasteiger partial charge is 0.173 e. The van der Waals surface area contributed by atoms with Crippen molar-refractivity contribution < 1.29 is 4.79 Å². The molecule has 0 aliphatic rings. The standard InChI is InChI=1S/C14H11Cl2NOS/c15-12-6-1-9(7-13(12)16)14(18)8-19-11-4-2-10(17)3-5-11/h1-7H,8,17H2. The van der Waals surface area contributed by atoms with Crippen molar-refractivity contribution in [1.82, 2.24) is 0 Å². The Bertz CT molecular complexity index is 599. The number of benzene rings is 2. The van der Waals surface area contributed by atoms with Gasteiger partial charge >= 0.3 is 0 Å². The number of carbonyl (C=O) groups is 1. The molecule has 2 N–H and O–H groups in total. The molecule has 0 spiro atoms. The van der Waals surface area contributed by atoms with E-state index in [9.17, 15) is 4.79 Å². The van der Waals surface area contributed by atoms with Gasteiger partial charge in [-0.15, -0.1) is 11.8 Å². The summed E-state index contributed by atoms with van der Waals surface area (Å²) >= 11 is 13.2. The Kier molecular flexibility index (Phi) is 4.75. The molecule has 0 fully saturated rings. The lowest BCUT2D eigenvalue weighted by atomic mass is 10.1. The van der Waals surface area contributed by atoms with Crippen molar-refractivity contribution in [3.63, 3.8) is 0 Å². The predicted octanol–water partition coefficient (Wildman–Crippen LogP) is 4.55. The van der Waals surface area contributed by atoms with Crippen molar-refractivity contribution in [2.45, 2.75) is 4.90 Å². The first-order valence-corrected chi connectivity index (χ1v) is 7.27. The number of carbonyl (C=O) groups excluding carboxylic acids is 1. The fourth-order valence-corrected chi connectivity index (χ4v) is 2.56. The molecule has 0 amide bonds. The topological polar surface area (TPSA) is 43.1 Å². The van der Waals surface area contributed by atoms with Crippen LogP contribution in [-0.2, 0) is 0 Å². The quantitative estimate of drug-likeness (QED) is 0.511. The highest BCUT2D eigenvalue weighted by Crippen LogP contribution is 2.25. The van der Waals surface area contributed by atoms with E-state index < -0.39 is 0 Å². The molecule has 19 heavy (non-hydrogen) atoms. The van der Waals surface area contributed by atoms with Gasteiger partial charge in [0.05, 0.1) is 15.8 Å². The monoisotopic (exact) mass is 311 g/mol. The number of anilines is 1. The first kappa shape index (κ1) is 14.3. The molecule has 0 heterocycles. The Morgan fingerprint density at radius 2 is 1.74 bits per heavy atom. The highest BCUT2D eigenvalue weighted by Gasteiger charge is 2.08. The van der Waals surface area contributed by atoms with E-state index in [1.807, 2.05) is 24.3 Å². The number of nitrogens with two attached hydrogens (primary N) is 1. The summed E-state index contributed by atoms with van der Waals surface area (Å²) < 4.78 is 0. The van der Waals surface area contributed by atoms with Crippen LogP contribution in [0.1, 0.15) is 10.4 Å². The molecule has 2 nitrogen and oxygen atoms in total. The lowest BCUT2D eigenvalue weighted by Crippen LogP contribution is -2.02. The summed E-state index contributed by atoms with van der Waals surface area (Å²) in [5, 5.41) is 0.842. The fraction of sp³-hybridized carbons (Fsp3) is 0.0714. The molecular weight excluding hydrogens is 301 g/mol. The van der Waals surface area contributed by atoms with E-state index in [0.29, 0.717) is 27.0 Å². The van der Waals surface area contributed by atoms with E-state index in [1.54, 1.807) is 18.2 Å². The van der Waals surface area contributed by atoms with Gasteiger partial charge in [-0.3, -0.25) is 4.79 Å². The van der Waals surface area contributed by atoms with E-state index in [0.717, 1.165) is 4.90 Å². The Hall–Kier alpha value is -1.16. The number of ketones is 1. The first-order chi connectivity index (χ1) is 9.06. The van der Waals surface area contributed by atoms with Crippen LogP contribution >= 0.6 is 35.0 Å². The van der Waals surface area contributed by atoms with Crippen molar-refractivity contribution in [2.75, 3.05) is 11.5 Å². The van der Waals surface area contributed by atoms with E-state index in [4.69, 9.17) is 28.9 Å².